The number of halogens is 4. The highest BCUT2D eigenvalue weighted by molar-refractivity contribution is 6.33. The summed E-state index contributed by atoms with van der Waals surface area (Å²) in [5.74, 6) is -0.505. The molecule has 2 aliphatic heterocycles. The largest absolute Gasteiger partial charge is 0.507 e. The SMILES string of the molecule is CC(C)COc1cc(-c2cc(F)cc(-c3cccc(N4CCN(C(C)(C)C)CC4)c3)c2O)cc(Cl)c1-n1ccn(CCNc2ncc(-c3cc(F)cc(-c4ccc(-n5ccn(C)c5=O)c(Cl)c4)c3O)cc2N2CCN(C(C)(C)C)CC2)c1=O. The minimum absolute atomic E-state index is 0.0443. The second-order valence-electron chi connectivity index (χ2n) is 23.9. The fraction of sp³-hybridized carbons (Fsp3) is 0.359. The van der Waals surface area contributed by atoms with Crippen molar-refractivity contribution < 1.29 is 23.7 Å². The number of imidazole rings is 2. The molecule has 2 fully saturated rings. The first-order chi connectivity index (χ1) is 39.4. The Kier molecular flexibility index (Phi) is 16.7. The Morgan fingerprint density at radius 1 is 0.627 bits per heavy atom. The maximum absolute atomic E-state index is 15.8. The average molecular weight is 1170 g/mol. The number of hydrogen-bond acceptors (Lipinski definition) is 11. The molecule has 0 aliphatic carbocycles. The fourth-order valence-electron chi connectivity index (χ4n) is 11.1. The predicted octanol–water partition coefficient (Wildman–Crippen LogP) is 12.2. The van der Waals surface area contributed by atoms with Crippen LogP contribution in [0, 0.1) is 17.6 Å². The van der Waals surface area contributed by atoms with Gasteiger partial charge >= 0.3 is 11.4 Å². The number of hydrogen-bond donors (Lipinski definition) is 3. The van der Waals surface area contributed by atoms with Crippen LogP contribution in [-0.2, 0) is 13.6 Å². The van der Waals surface area contributed by atoms with Gasteiger partial charge in [-0.1, -0.05) is 55.2 Å². The van der Waals surface area contributed by atoms with Gasteiger partial charge in [-0.15, -0.1) is 0 Å². The van der Waals surface area contributed by atoms with E-state index in [0.717, 1.165) is 50.6 Å². The lowest BCUT2D eigenvalue weighted by Crippen LogP contribution is -2.53. The Hall–Kier alpha value is -7.57. The van der Waals surface area contributed by atoms with Crippen LogP contribution in [0.3, 0.4) is 0 Å². The van der Waals surface area contributed by atoms with Crippen LogP contribution >= 0.6 is 23.2 Å². The van der Waals surface area contributed by atoms with Crippen molar-refractivity contribution in [2.75, 3.05) is 80.6 Å². The molecule has 0 radical (unpaired) electrons. The molecule has 0 unspecified atom stereocenters. The normalized spacial score (nSPS) is 14.7. The maximum atomic E-state index is 15.8. The van der Waals surface area contributed by atoms with Crippen molar-refractivity contribution >= 4 is 40.4 Å². The summed E-state index contributed by atoms with van der Waals surface area (Å²) in [4.78, 5) is 41.4. The number of aromatic hydroxyl groups is 2. The first kappa shape index (κ1) is 58.6. The Morgan fingerprint density at radius 3 is 1.77 bits per heavy atom. The number of nitrogens with one attached hydrogen (secondary N) is 1. The number of benzene rings is 5. The van der Waals surface area contributed by atoms with E-state index in [0.29, 0.717) is 58.1 Å². The van der Waals surface area contributed by atoms with E-state index in [9.17, 15) is 19.8 Å². The number of nitrogens with zero attached hydrogens (tertiary/aromatic N) is 9. The van der Waals surface area contributed by atoms with E-state index in [1.807, 2.05) is 44.2 Å². The second kappa shape index (κ2) is 23.6. The van der Waals surface area contributed by atoms with Crippen molar-refractivity contribution in [1.29, 1.82) is 0 Å². The van der Waals surface area contributed by atoms with Crippen LogP contribution in [-0.4, -0.2) is 120 Å². The van der Waals surface area contributed by atoms with Crippen molar-refractivity contribution in [1.82, 2.24) is 33.1 Å². The summed E-state index contributed by atoms with van der Waals surface area (Å²) >= 11 is 13.9. The highest BCUT2D eigenvalue weighted by atomic mass is 35.5. The third kappa shape index (κ3) is 12.4. The molecule has 3 N–H and O–H groups in total. The molecule has 10 rings (SSSR count). The predicted molar refractivity (Wildman–Crippen MR) is 330 cm³/mol. The number of aromatic nitrogens is 5. The zero-order chi connectivity index (χ0) is 59.2. The van der Waals surface area contributed by atoms with Gasteiger partial charge in [0.2, 0.25) is 0 Å². The second-order valence-corrected chi connectivity index (χ2v) is 24.8. The van der Waals surface area contributed by atoms with Crippen molar-refractivity contribution in [2.45, 2.75) is 73.0 Å². The zero-order valence-electron chi connectivity index (χ0n) is 48.5. The zero-order valence-corrected chi connectivity index (χ0v) is 50.0. The molecule has 15 nitrogen and oxygen atoms in total. The summed E-state index contributed by atoms with van der Waals surface area (Å²) in [6.07, 6.45) is 8.11. The van der Waals surface area contributed by atoms with Crippen LogP contribution < -0.4 is 31.2 Å². The average Bonchev–Trinajstić information content (AvgIpc) is 4.11. The Labute approximate surface area is 493 Å². The number of phenolic OH excluding ortho intramolecular Hbond substituents is 2. The first-order valence-corrected chi connectivity index (χ1v) is 28.9. The van der Waals surface area contributed by atoms with Crippen molar-refractivity contribution in [3.8, 4) is 73.1 Å². The molecule has 5 aromatic carbocycles. The smallest absolute Gasteiger partial charge is 0.332 e. The molecule has 83 heavy (non-hydrogen) atoms. The molecule has 0 saturated carbocycles. The topological polar surface area (TPSA) is 141 Å². The van der Waals surface area contributed by atoms with Crippen LogP contribution in [0.25, 0.3) is 55.9 Å². The summed E-state index contributed by atoms with van der Waals surface area (Å²) < 4.78 is 43.7. The molecule has 5 heterocycles. The van der Waals surface area contributed by atoms with Gasteiger partial charge in [0.15, 0.2) is 0 Å². The minimum atomic E-state index is -0.582. The lowest BCUT2D eigenvalue weighted by atomic mass is 9.96. The molecule has 2 aliphatic rings. The molecule has 2 saturated heterocycles. The lowest BCUT2D eigenvalue weighted by Gasteiger charge is -2.43. The van der Waals surface area contributed by atoms with Crippen molar-refractivity contribution in [2.24, 2.45) is 13.0 Å². The highest BCUT2D eigenvalue weighted by Gasteiger charge is 2.30. The van der Waals surface area contributed by atoms with Gasteiger partial charge in [-0.25, -0.2) is 23.4 Å². The fourth-order valence-corrected chi connectivity index (χ4v) is 11.6. The van der Waals surface area contributed by atoms with E-state index < -0.39 is 17.3 Å². The number of piperazine rings is 2. The van der Waals surface area contributed by atoms with E-state index in [1.165, 1.54) is 38.0 Å². The standard InChI is InChI=1S/C64H72Cl2F2N10O5/c1-40(2)39-83-56-33-43(50-36-45(67)34-48(58(50)79)41-11-10-12-47(29-41)72-18-23-75(24-19-72)63(3,4)5)31-53(66)57(56)78-28-22-74(62(78)82)16-15-69-60-55(73-20-25-76(26-21-73)64(6,7)8)32-44(38-70-60)51-37-46(68)35-49(59(51)80)42-13-14-54(52(65)30-42)77-27-17-71(9)61(77)81/h10-14,17,22,27-38,40,79-80H,15-16,18-21,23-26,39H2,1-9H3,(H,69,70). The molecule has 8 aromatic rings. The molecule has 3 aromatic heterocycles. The summed E-state index contributed by atoms with van der Waals surface area (Å²) in [6.45, 7) is 24.4. The minimum Gasteiger partial charge on any atom is -0.507 e. The van der Waals surface area contributed by atoms with E-state index in [1.54, 1.807) is 72.9 Å². The molecule has 436 valence electrons. The van der Waals surface area contributed by atoms with Gasteiger partial charge in [0.25, 0.3) is 0 Å². The van der Waals surface area contributed by atoms with E-state index >= 15 is 8.78 Å². The van der Waals surface area contributed by atoms with Crippen LogP contribution in [0.4, 0.5) is 26.0 Å². The van der Waals surface area contributed by atoms with Gasteiger partial charge in [-0.2, -0.15) is 0 Å². The molecule has 19 heteroatoms. The maximum Gasteiger partial charge on any atom is 0.332 e. The Morgan fingerprint density at radius 2 is 1.19 bits per heavy atom. The Bertz CT molecular complexity index is 3820. The van der Waals surface area contributed by atoms with Crippen LogP contribution in [0.15, 0.2) is 126 Å². The van der Waals surface area contributed by atoms with Gasteiger partial charge in [0.1, 0.15) is 40.4 Å². The monoisotopic (exact) mass is 1170 g/mol. The first-order valence-electron chi connectivity index (χ1n) is 28.1. The Balaban J connectivity index is 0.917. The van der Waals surface area contributed by atoms with E-state index in [2.05, 4.69) is 66.5 Å². The number of anilines is 3. The third-order valence-electron chi connectivity index (χ3n) is 15.8. The number of phenols is 2. The molecular formula is C64H72Cl2F2N10O5. The summed E-state index contributed by atoms with van der Waals surface area (Å²) in [5, 5.41) is 27.7. The number of pyridine rings is 1. The van der Waals surface area contributed by atoms with Gasteiger partial charge in [-0.3, -0.25) is 23.5 Å². The number of aryl methyl sites for hydroxylation is 1. The quantitative estimate of drug-likeness (QED) is 0.0903. The molecule has 0 spiro atoms. The van der Waals surface area contributed by atoms with E-state index in [4.69, 9.17) is 32.9 Å². The van der Waals surface area contributed by atoms with Crippen LogP contribution in [0.2, 0.25) is 10.0 Å². The molecule has 0 atom stereocenters. The van der Waals surface area contributed by atoms with Crippen molar-refractivity contribution in [3.63, 3.8) is 0 Å². The summed E-state index contributed by atoms with van der Waals surface area (Å²) in [5.41, 5.74) is 4.80. The summed E-state index contributed by atoms with van der Waals surface area (Å²) in [7, 11) is 1.64. The van der Waals surface area contributed by atoms with Crippen molar-refractivity contribution in [3.05, 3.63) is 159 Å². The van der Waals surface area contributed by atoms with Gasteiger partial charge in [-0.05, 0) is 131 Å². The summed E-state index contributed by atoms with van der Waals surface area (Å²) in [6, 6.07) is 23.1. The van der Waals surface area contributed by atoms with Crippen LogP contribution in [0.1, 0.15) is 55.4 Å². The number of rotatable bonds is 15. The molecular weight excluding hydrogens is 1100 g/mol. The van der Waals surface area contributed by atoms with Gasteiger partial charge in [0, 0.05) is 148 Å². The third-order valence-corrected chi connectivity index (χ3v) is 16.3. The van der Waals surface area contributed by atoms with Gasteiger partial charge < -0.3 is 34.6 Å². The highest BCUT2D eigenvalue weighted by Crippen LogP contribution is 2.45. The number of ether oxygens (including phenoxy) is 1. The van der Waals surface area contributed by atoms with E-state index in [-0.39, 0.29) is 86.4 Å². The molecule has 0 bridgehead atoms. The van der Waals surface area contributed by atoms with Gasteiger partial charge in [0.05, 0.1) is 28.0 Å². The van der Waals surface area contributed by atoms with Crippen LogP contribution in [0.5, 0.6) is 17.2 Å². The lowest BCUT2D eigenvalue weighted by molar-refractivity contribution is 0.128. The molecule has 0 amide bonds.